The maximum Gasteiger partial charge on any atom is 0.300 e. The zero-order valence-corrected chi connectivity index (χ0v) is 6.48. The molecule has 4 nitrogen and oxygen atoms in total. The molecule has 0 aromatic heterocycles. The van der Waals surface area contributed by atoms with Crippen LogP contribution in [0.3, 0.4) is 0 Å². The first-order valence-corrected chi connectivity index (χ1v) is 3.16. The summed E-state index contributed by atoms with van der Waals surface area (Å²) in [6.45, 7) is 1.08. The summed E-state index contributed by atoms with van der Waals surface area (Å²) >= 11 is 0. The Hall–Kier alpha value is -1.71. The first-order chi connectivity index (χ1) is 5.54. The second kappa shape index (κ2) is 5.01. The number of hydrogen-bond acceptors (Lipinski definition) is 3. The van der Waals surface area contributed by atoms with E-state index < -0.39 is 17.5 Å². The van der Waals surface area contributed by atoms with Gasteiger partial charge in [0.15, 0.2) is 0 Å². The monoisotopic (exact) mass is 168 g/mol. The number of carboxylic acid groups (broad SMARTS) is 1. The lowest BCUT2D eigenvalue weighted by Crippen LogP contribution is -2.08. The van der Waals surface area contributed by atoms with E-state index in [0.717, 1.165) is 6.92 Å². The van der Waals surface area contributed by atoms with Crippen molar-refractivity contribution in [3.8, 4) is 0 Å². The molecule has 0 saturated heterocycles. The highest BCUT2D eigenvalue weighted by atomic mass is 16.4. The molecule has 4 heteroatoms. The van der Waals surface area contributed by atoms with Gasteiger partial charge in [0.1, 0.15) is 0 Å². The molecule has 0 amide bonds. The highest BCUT2D eigenvalue weighted by molar-refractivity contribution is 6.46. The third-order valence-electron chi connectivity index (χ3n) is 0.849. The topological polar surface area (TPSA) is 71.4 Å². The molecule has 0 spiro atoms. The molecule has 0 aliphatic heterocycles. The van der Waals surface area contributed by atoms with E-state index in [1.54, 1.807) is 12.2 Å². The minimum atomic E-state index is -0.833. The summed E-state index contributed by atoms with van der Waals surface area (Å²) in [4.78, 5) is 29.6. The van der Waals surface area contributed by atoms with E-state index in [1.165, 1.54) is 12.2 Å². The number of carbonyl (C=O) groups is 3. The Balaban J connectivity index is 0.000000261. The predicted molar refractivity (Wildman–Crippen MR) is 41.6 cm³/mol. The van der Waals surface area contributed by atoms with Crippen molar-refractivity contribution in [3.63, 3.8) is 0 Å². The third kappa shape index (κ3) is 5.10. The Kier molecular flexibility index (Phi) is 4.30. The Morgan fingerprint density at radius 3 is 1.58 bits per heavy atom. The van der Waals surface area contributed by atoms with Crippen molar-refractivity contribution < 1.29 is 19.5 Å². The fourth-order valence-electron chi connectivity index (χ4n) is 0.450. The fraction of sp³-hybridized carbons (Fsp3) is 0.125. The second-order valence-electron chi connectivity index (χ2n) is 1.97. The molecule has 12 heavy (non-hydrogen) atoms. The van der Waals surface area contributed by atoms with Gasteiger partial charge in [-0.1, -0.05) is 12.2 Å². The Bertz CT molecular complexity index is 234. The maximum atomic E-state index is 10.3. The van der Waals surface area contributed by atoms with Crippen molar-refractivity contribution >= 4 is 17.5 Å². The van der Waals surface area contributed by atoms with Crippen LogP contribution in [-0.2, 0) is 14.4 Å². The number of ketones is 2. The van der Waals surface area contributed by atoms with Crippen molar-refractivity contribution in [2.75, 3.05) is 0 Å². The molecule has 0 saturated carbocycles. The van der Waals surface area contributed by atoms with Crippen LogP contribution in [-0.4, -0.2) is 22.6 Å². The number of rotatable bonds is 0. The lowest BCUT2D eigenvalue weighted by Gasteiger charge is -1.88. The quantitative estimate of drug-likeness (QED) is 0.418. The maximum absolute atomic E-state index is 10.3. The summed E-state index contributed by atoms with van der Waals surface area (Å²) in [5.41, 5.74) is 0. The van der Waals surface area contributed by atoms with Crippen LogP contribution in [0.2, 0.25) is 0 Å². The van der Waals surface area contributed by atoms with Crippen LogP contribution in [0, 0.1) is 0 Å². The number of aliphatic carboxylic acids is 1. The third-order valence-corrected chi connectivity index (χ3v) is 0.849. The zero-order valence-electron chi connectivity index (χ0n) is 6.48. The Morgan fingerprint density at radius 1 is 1.17 bits per heavy atom. The lowest BCUT2D eigenvalue weighted by atomic mass is 10.1. The number of hydrogen-bond donors (Lipinski definition) is 1. The predicted octanol–water partition coefficient (Wildman–Crippen LogP) is 0.341. The van der Waals surface area contributed by atoms with Crippen molar-refractivity contribution in [2.24, 2.45) is 0 Å². The van der Waals surface area contributed by atoms with E-state index in [2.05, 4.69) is 0 Å². The molecule has 64 valence electrons. The van der Waals surface area contributed by atoms with Gasteiger partial charge in [0.2, 0.25) is 11.6 Å². The van der Waals surface area contributed by atoms with Crippen LogP contribution in [0.25, 0.3) is 0 Å². The highest BCUT2D eigenvalue weighted by Crippen LogP contribution is 1.90. The molecule has 1 aliphatic carbocycles. The molecular weight excluding hydrogens is 160 g/mol. The molecular formula is C8H8O4. The number of carbonyl (C=O) groups excluding carboxylic acids is 2. The largest absolute Gasteiger partial charge is 0.481 e. The molecule has 0 heterocycles. The van der Waals surface area contributed by atoms with Gasteiger partial charge in [0.05, 0.1) is 0 Å². The average Bonchev–Trinajstić information content (AvgIpc) is 1.94. The minimum absolute atomic E-state index is 0.437. The first-order valence-electron chi connectivity index (χ1n) is 3.16. The van der Waals surface area contributed by atoms with E-state index >= 15 is 0 Å². The van der Waals surface area contributed by atoms with Crippen LogP contribution >= 0.6 is 0 Å². The number of carboxylic acids is 1. The van der Waals surface area contributed by atoms with Crippen LogP contribution < -0.4 is 0 Å². The molecule has 0 atom stereocenters. The average molecular weight is 168 g/mol. The van der Waals surface area contributed by atoms with Crippen LogP contribution in [0.15, 0.2) is 24.3 Å². The van der Waals surface area contributed by atoms with Gasteiger partial charge in [-0.3, -0.25) is 14.4 Å². The molecule has 0 aromatic rings. The summed E-state index contributed by atoms with van der Waals surface area (Å²) in [5, 5.41) is 7.42. The Labute approximate surface area is 69.2 Å². The SMILES string of the molecule is CC(=O)O.O=C1C=CC=CC1=O. The second-order valence-corrected chi connectivity index (χ2v) is 1.97. The van der Waals surface area contributed by atoms with Gasteiger partial charge in [0, 0.05) is 6.92 Å². The molecule has 0 aromatic carbocycles. The normalized spacial score (nSPS) is 13.8. The van der Waals surface area contributed by atoms with Crippen molar-refractivity contribution in [1.29, 1.82) is 0 Å². The standard InChI is InChI=1S/C6H4O2.C2H4O2/c7-5-3-1-2-4-6(5)8;1-2(3)4/h1-4H;1H3,(H,3,4). The van der Waals surface area contributed by atoms with Gasteiger partial charge in [-0.25, -0.2) is 0 Å². The van der Waals surface area contributed by atoms with Gasteiger partial charge in [-0.2, -0.15) is 0 Å². The van der Waals surface area contributed by atoms with Crippen LogP contribution in [0.1, 0.15) is 6.92 Å². The minimum Gasteiger partial charge on any atom is -0.481 e. The molecule has 0 radical (unpaired) electrons. The van der Waals surface area contributed by atoms with Gasteiger partial charge in [0.25, 0.3) is 5.97 Å². The highest BCUT2D eigenvalue weighted by Gasteiger charge is 2.06. The molecule has 1 rings (SSSR count). The summed E-state index contributed by atoms with van der Waals surface area (Å²) in [7, 11) is 0. The van der Waals surface area contributed by atoms with Crippen LogP contribution in [0.4, 0.5) is 0 Å². The molecule has 1 N–H and O–H groups in total. The van der Waals surface area contributed by atoms with E-state index in [4.69, 9.17) is 9.90 Å². The summed E-state index contributed by atoms with van der Waals surface area (Å²) in [6, 6.07) is 0. The number of allylic oxidation sites excluding steroid dienone is 4. The summed E-state index contributed by atoms with van der Waals surface area (Å²) < 4.78 is 0. The van der Waals surface area contributed by atoms with E-state index in [9.17, 15) is 9.59 Å². The van der Waals surface area contributed by atoms with Crippen molar-refractivity contribution in [1.82, 2.24) is 0 Å². The first kappa shape index (κ1) is 10.3. The van der Waals surface area contributed by atoms with Crippen molar-refractivity contribution in [3.05, 3.63) is 24.3 Å². The van der Waals surface area contributed by atoms with E-state index in [0.29, 0.717) is 0 Å². The van der Waals surface area contributed by atoms with Gasteiger partial charge in [-0.05, 0) is 12.2 Å². The molecule has 0 unspecified atom stereocenters. The van der Waals surface area contributed by atoms with E-state index in [1.807, 2.05) is 0 Å². The Morgan fingerprint density at radius 2 is 1.42 bits per heavy atom. The zero-order chi connectivity index (χ0) is 9.56. The molecule has 0 fully saturated rings. The van der Waals surface area contributed by atoms with Gasteiger partial charge in [-0.15, -0.1) is 0 Å². The molecule has 1 aliphatic rings. The van der Waals surface area contributed by atoms with E-state index in [-0.39, 0.29) is 0 Å². The van der Waals surface area contributed by atoms with Gasteiger partial charge < -0.3 is 5.11 Å². The lowest BCUT2D eigenvalue weighted by molar-refractivity contribution is -0.134. The van der Waals surface area contributed by atoms with Crippen LogP contribution in [0.5, 0.6) is 0 Å². The van der Waals surface area contributed by atoms with Crippen molar-refractivity contribution in [2.45, 2.75) is 6.92 Å². The fourth-order valence-corrected chi connectivity index (χ4v) is 0.450. The molecule has 0 bridgehead atoms. The van der Waals surface area contributed by atoms with Gasteiger partial charge >= 0.3 is 0 Å². The smallest absolute Gasteiger partial charge is 0.300 e. The summed E-state index contributed by atoms with van der Waals surface area (Å²) in [6.07, 6.45) is 5.60. The summed E-state index contributed by atoms with van der Waals surface area (Å²) in [5.74, 6) is -1.71.